The van der Waals surface area contributed by atoms with E-state index in [-0.39, 0.29) is 12.1 Å². The van der Waals surface area contributed by atoms with Crippen molar-refractivity contribution in [2.24, 2.45) is 0 Å². The summed E-state index contributed by atoms with van der Waals surface area (Å²) in [6, 6.07) is -0.735. The van der Waals surface area contributed by atoms with Crippen LogP contribution in [0.1, 0.15) is 19.3 Å². The molecule has 2 heterocycles. The van der Waals surface area contributed by atoms with Gasteiger partial charge in [0, 0.05) is 6.54 Å². The lowest BCUT2D eigenvalue weighted by molar-refractivity contribution is -0.143. The molecule has 2 saturated heterocycles. The third-order valence-corrected chi connectivity index (χ3v) is 2.75. The van der Waals surface area contributed by atoms with E-state index in [0.717, 1.165) is 12.8 Å². The van der Waals surface area contributed by atoms with Gasteiger partial charge in [-0.05, 0) is 19.3 Å². The SMILES string of the molecule is O=C(O)C1CCCC2CNC(=O)N21. The minimum Gasteiger partial charge on any atom is -0.480 e. The lowest BCUT2D eigenvalue weighted by Crippen LogP contribution is -2.49. The molecule has 2 aliphatic rings. The van der Waals surface area contributed by atoms with Crippen LogP contribution in [0.25, 0.3) is 0 Å². The number of piperidine rings is 1. The molecule has 2 rings (SSSR count). The Bertz CT molecular complexity index is 254. The predicted molar refractivity (Wildman–Crippen MR) is 44.3 cm³/mol. The van der Waals surface area contributed by atoms with E-state index in [0.29, 0.717) is 13.0 Å². The summed E-state index contributed by atoms with van der Waals surface area (Å²) in [7, 11) is 0. The van der Waals surface area contributed by atoms with Crippen molar-refractivity contribution >= 4 is 12.0 Å². The van der Waals surface area contributed by atoms with Gasteiger partial charge in [-0.3, -0.25) is 0 Å². The Morgan fingerprint density at radius 1 is 1.54 bits per heavy atom. The second kappa shape index (κ2) is 2.90. The van der Waals surface area contributed by atoms with Crippen LogP contribution in [-0.4, -0.2) is 40.6 Å². The van der Waals surface area contributed by atoms with Gasteiger partial charge in [0.05, 0.1) is 6.04 Å². The van der Waals surface area contributed by atoms with Crippen LogP contribution in [-0.2, 0) is 4.79 Å². The number of hydrogen-bond donors (Lipinski definition) is 2. The van der Waals surface area contributed by atoms with Gasteiger partial charge in [-0.15, -0.1) is 0 Å². The summed E-state index contributed by atoms with van der Waals surface area (Å²) >= 11 is 0. The fraction of sp³-hybridized carbons (Fsp3) is 0.750. The highest BCUT2D eigenvalue weighted by Crippen LogP contribution is 2.25. The van der Waals surface area contributed by atoms with Gasteiger partial charge in [0.25, 0.3) is 0 Å². The summed E-state index contributed by atoms with van der Waals surface area (Å²) in [5.41, 5.74) is 0. The fourth-order valence-electron chi connectivity index (χ4n) is 2.13. The first-order valence-electron chi connectivity index (χ1n) is 4.49. The van der Waals surface area contributed by atoms with E-state index in [2.05, 4.69) is 5.32 Å². The van der Waals surface area contributed by atoms with Crippen LogP contribution < -0.4 is 5.32 Å². The smallest absolute Gasteiger partial charge is 0.326 e. The Morgan fingerprint density at radius 3 is 3.00 bits per heavy atom. The molecule has 2 atom stereocenters. The number of urea groups is 1. The maximum atomic E-state index is 11.3. The topological polar surface area (TPSA) is 69.6 Å². The zero-order chi connectivity index (χ0) is 9.42. The molecule has 2 N–H and O–H groups in total. The summed E-state index contributed by atoms with van der Waals surface area (Å²) in [4.78, 5) is 23.6. The van der Waals surface area contributed by atoms with Crippen LogP contribution >= 0.6 is 0 Å². The number of rotatable bonds is 1. The number of fused-ring (bicyclic) bond motifs is 1. The molecule has 2 unspecified atom stereocenters. The summed E-state index contributed by atoms with van der Waals surface area (Å²) in [6.07, 6.45) is 2.40. The molecule has 13 heavy (non-hydrogen) atoms. The second-order valence-corrected chi connectivity index (χ2v) is 3.53. The molecule has 0 aliphatic carbocycles. The maximum absolute atomic E-state index is 11.3. The van der Waals surface area contributed by atoms with Gasteiger partial charge in [0.1, 0.15) is 6.04 Å². The first-order chi connectivity index (χ1) is 6.20. The fourth-order valence-corrected chi connectivity index (χ4v) is 2.13. The monoisotopic (exact) mass is 184 g/mol. The van der Waals surface area contributed by atoms with Gasteiger partial charge >= 0.3 is 12.0 Å². The number of hydrogen-bond acceptors (Lipinski definition) is 2. The third kappa shape index (κ3) is 1.24. The Balaban J connectivity index is 2.19. The van der Waals surface area contributed by atoms with Crippen molar-refractivity contribution in [2.75, 3.05) is 6.54 Å². The number of nitrogens with zero attached hydrogens (tertiary/aromatic N) is 1. The van der Waals surface area contributed by atoms with Crippen molar-refractivity contribution in [1.29, 1.82) is 0 Å². The molecule has 0 saturated carbocycles. The van der Waals surface area contributed by atoms with E-state index >= 15 is 0 Å². The number of carboxylic acids is 1. The van der Waals surface area contributed by atoms with Gasteiger partial charge in [0.15, 0.2) is 0 Å². The Morgan fingerprint density at radius 2 is 2.31 bits per heavy atom. The predicted octanol–water partition coefficient (Wildman–Crippen LogP) is 0.0173. The number of amides is 2. The molecule has 2 aliphatic heterocycles. The molecule has 0 aromatic rings. The Labute approximate surface area is 75.7 Å². The first kappa shape index (κ1) is 8.34. The highest BCUT2D eigenvalue weighted by molar-refractivity contribution is 5.84. The molecule has 5 nitrogen and oxygen atoms in total. The lowest BCUT2D eigenvalue weighted by Gasteiger charge is -2.33. The number of carboxylic acid groups (broad SMARTS) is 1. The Kier molecular flexibility index (Phi) is 1.86. The largest absolute Gasteiger partial charge is 0.480 e. The highest BCUT2D eigenvalue weighted by atomic mass is 16.4. The van der Waals surface area contributed by atoms with Gasteiger partial charge in [-0.1, -0.05) is 0 Å². The molecular formula is C8H12N2O3. The highest BCUT2D eigenvalue weighted by Gasteiger charge is 2.41. The summed E-state index contributed by atoms with van der Waals surface area (Å²) in [5, 5.41) is 11.6. The average Bonchev–Trinajstić information content (AvgIpc) is 2.48. The molecule has 0 bridgehead atoms. The van der Waals surface area contributed by atoms with Crippen LogP contribution in [0.3, 0.4) is 0 Å². The molecule has 5 heteroatoms. The lowest BCUT2D eigenvalue weighted by atomic mass is 9.97. The summed E-state index contributed by atoms with van der Waals surface area (Å²) in [6.45, 7) is 0.600. The van der Waals surface area contributed by atoms with Crippen LogP contribution in [0.5, 0.6) is 0 Å². The molecular weight excluding hydrogens is 172 g/mol. The van der Waals surface area contributed by atoms with E-state index in [1.165, 1.54) is 4.90 Å². The zero-order valence-corrected chi connectivity index (χ0v) is 7.19. The summed E-state index contributed by atoms with van der Waals surface area (Å²) < 4.78 is 0. The van der Waals surface area contributed by atoms with Crippen LogP contribution in [0, 0.1) is 0 Å². The molecule has 72 valence electrons. The van der Waals surface area contributed by atoms with E-state index < -0.39 is 12.0 Å². The number of carbonyl (C=O) groups excluding carboxylic acids is 1. The molecule has 2 amide bonds. The van der Waals surface area contributed by atoms with E-state index in [1.54, 1.807) is 0 Å². The van der Waals surface area contributed by atoms with Gasteiger partial charge < -0.3 is 15.3 Å². The third-order valence-electron chi connectivity index (χ3n) is 2.75. The first-order valence-corrected chi connectivity index (χ1v) is 4.49. The number of aliphatic carboxylic acids is 1. The average molecular weight is 184 g/mol. The van der Waals surface area contributed by atoms with Crippen molar-refractivity contribution < 1.29 is 14.7 Å². The van der Waals surface area contributed by atoms with Crippen molar-refractivity contribution in [3.8, 4) is 0 Å². The van der Waals surface area contributed by atoms with Crippen molar-refractivity contribution in [3.05, 3.63) is 0 Å². The van der Waals surface area contributed by atoms with Gasteiger partial charge in [0.2, 0.25) is 0 Å². The number of carbonyl (C=O) groups is 2. The van der Waals surface area contributed by atoms with Crippen molar-refractivity contribution in [3.63, 3.8) is 0 Å². The standard InChI is InChI=1S/C8H12N2O3/c11-7(12)6-3-1-2-5-4-9-8(13)10(5)6/h5-6H,1-4H2,(H,9,13)(H,11,12). The molecule has 0 radical (unpaired) electrons. The quantitative estimate of drug-likeness (QED) is 0.603. The number of nitrogens with one attached hydrogen (secondary N) is 1. The van der Waals surface area contributed by atoms with Crippen LogP contribution in [0.15, 0.2) is 0 Å². The summed E-state index contributed by atoms with van der Waals surface area (Å²) in [5.74, 6) is -0.887. The molecule has 2 fully saturated rings. The van der Waals surface area contributed by atoms with Gasteiger partial charge in [-0.2, -0.15) is 0 Å². The minimum atomic E-state index is -0.887. The molecule has 0 aromatic carbocycles. The van der Waals surface area contributed by atoms with Gasteiger partial charge in [-0.25, -0.2) is 9.59 Å². The van der Waals surface area contributed by atoms with E-state index in [4.69, 9.17) is 5.11 Å². The van der Waals surface area contributed by atoms with Crippen LogP contribution in [0.2, 0.25) is 0 Å². The zero-order valence-electron chi connectivity index (χ0n) is 7.19. The second-order valence-electron chi connectivity index (χ2n) is 3.53. The van der Waals surface area contributed by atoms with Crippen LogP contribution in [0.4, 0.5) is 4.79 Å². The normalized spacial score (nSPS) is 32.6. The van der Waals surface area contributed by atoms with Crippen molar-refractivity contribution in [2.45, 2.75) is 31.3 Å². The van der Waals surface area contributed by atoms with Crippen molar-refractivity contribution in [1.82, 2.24) is 10.2 Å². The minimum absolute atomic E-state index is 0.0994. The molecule has 0 aromatic heterocycles. The Hall–Kier alpha value is -1.26. The van der Waals surface area contributed by atoms with E-state index in [1.807, 2.05) is 0 Å². The van der Waals surface area contributed by atoms with E-state index in [9.17, 15) is 9.59 Å². The maximum Gasteiger partial charge on any atom is 0.326 e. The molecule has 0 spiro atoms.